The Morgan fingerprint density at radius 1 is 0.461 bits per heavy atom. The zero-order valence-corrected chi connectivity index (χ0v) is 61.5. The quantitative estimate of drug-likeness (QED) is 0.0481. The van der Waals surface area contributed by atoms with E-state index in [1.807, 2.05) is 76.3 Å². The highest BCUT2D eigenvalue weighted by Gasteiger charge is 2.38. The maximum Gasteiger partial charge on any atom is 0.294 e. The van der Waals surface area contributed by atoms with Crippen molar-refractivity contribution in [3.63, 3.8) is 0 Å². The van der Waals surface area contributed by atoms with E-state index in [0.29, 0.717) is 78.2 Å². The molecule has 0 unspecified atom stereocenters. The Morgan fingerprint density at radius 3 is 1.21 bits per heavy atom. The largest absolute Gasteiger partial charge is 0.361 e. The SMILES string of the molecule is CNC.C[C@@H]1CN(Cc2ccc(F)cc2)[C@@H](C)CN1C(=O)c1cc2c(C(=O)C(=O)N(C)C)c[nH]c2cc1Cl.C[C@@H]1CN(Cc2ccc(F)cc2)[C@@H](C)CN1C(=O)c1cc2c(C(=O)C(=O)N(C)C)cn(N)c2cc1Cl.C[C@@H]1CN(Cc2ccc(F)cc2)[C@@H](C)CN1C(=O)c1cc2cc[nH]c2cc1Cl. The number of piperazine rings is 3. The number of benzene rings is 6. The van der Waals surface area contributed by atoms with Crippen LogP contribution < -0.4 is 11.2 Å². The minimum absolute atomic E-state index is 0.0334. The van der Waals surface area contributed by atoms with Crippen molar-refractivity contribution in [3.05, 3.63) is 211 Å². The summed E-state index contributed by atoms with van der Waals surface area (Å²) in [4.78, 5) is 111. The molecule has 0 aliphatic carbocycles. The first-order chi connectivity index (χ1) is 48.4. The van der Waals surface area contributed by atoms with Crippen LogP contribution in [0.25, 0.3) is 32.7 Å². The highest BCUT2D eigenvalue weighted by atomic mass is 35.5. The highest BCUT2D eigenvalue weighted by Crippen LogP contribution is 2.34. The van der Waals surface area contributed by atoms with E-state index in [9.17, 15) is 46.7 Å². The number of Topliss-reactive ketones (excluding diaryl/α,β-unsaturated/α-hetero) is 2. The first kappa shape index (κ1) is 77.1. The lowest BCUT2D eigenvalue weighted by Gasteiger charge is -2.44. The first-order valence-electron chi connectivity index (χ1n) is 33.5. The number of nitrogens with zero attached hydrogens (tertiary/aromatic N) is 9. The van der Waals surface area contributed by atoms with E-state index in [4.69, 9.17) is 40.6 Å². The molecule has 6 aromatic carbocycles. The van der Waals surface area contributed by atoms with Gasteiger partial charge in [-0.25, -0.2) is 13.2 Å². The number of ketones is 2. The van der Waals surface area contributed by atoms with Gasteiger partial charge in [0, 0.05) is 169 Å². The van der Waals surface area contributed by atoms with Crippen LogP contribution in [0.4, 0.5) is 13.2 Å². The molecule has 540 valence electrons. The lowest BCUT2D eigenvalue weighted by molar-refractivity contribution is -0.124. The van der Waals surface area contributed by atoms with Gasteiger partial charge in [-0.05, 0) is 151 Å². The number of nitrogens with two attached hydrogens (primary N) is 1. The van der Waals surface area contributed by atoms with Crippen molar-refractivity contribution in [2.45, 2.75) is 97.4 Å². The fourth-order valence-electron chi connectivity index (χ4n) is 13.0. The molecule has 0 bridgehead atoms. The minimum atomic E-state index is -0.716. The summed E-state index contributed by atoms with van der Waals surface area (Å²) in [5.74, 6) is 2.03. The molecular weight excluding hydrogens is 1370 g/mol. The van der Waals surface area contributed by atoms with Crippen LogP contribution in [0.1, 0.15) is 110 Å². The van der Waals surface area contributed by atoms with Gasteiger partial charge in [0.1, 0.15) is 17.5 Å². The van der Waals surface area contributed by atoms with Gasteiger partial charge in [0.25, 0.3) is 41.1 Å². The molecule has 3 aliphatic heterocycles. The van der Waals surface area contributed by atoms with Crippen molar-refractivity contribution in [1.29, 1.82) is 0 Å². The second kappa shape index (κ2) is 33.4. The van der Waals surface area contributed by atoms with E-state index in [1.165, 1.54) is 91.5 Å². The standard InChI is InChI=1S/C26H29ClFN5O3.C26H28ClFN4O3.C22H23ClFN3O.C2H7N/c1-15-12-32(16(2)11-31(15)13-17-5-7-18(28)8-6-17)25(35)20-9-19-21(24(34)26(36)30(3)4)14-33(29)23(19)10-22(20)27;1-15-13-32(16(2)12-31(15)14-17-5-7-18(28)8-6-17)25(34)20-9-19-21(24(33)26(35)30(3)4)11-29-23(19)10-22(20)27;1-14-12-27(15(2)11-26(14)13-16-3-5-18(24)6-4-16)22(28)19-9-17-7-8-25-21(17)10-20(19)23;1-3-2/h5-10,14-16H,11-13,29H2,1-4H3;5-11,15-16,29H,12-14H2,1-4H3;3-10,14-15,25H,11-13H2,1-2H3;3H,1-2H3/t2*15-,16+;14-,15+;/m000./s1. The second-order valence-corrected chi connectivity index (χ2v) is 28.2. The van der Waals surface area contributed by atoms with Crippen LogP contribution in [0, 0.1) is 17.5 Å². The maximum atomic E-state index is 13.6. The molecule has 102 heavy (non-hydrogen) atoms. The summed E-state index contributed by atoms with van der Waals surface area (Å²) in [6.07, 6.45) is 4.68. The van der Waals surface area contributed by atoms with Crippen molar-refractivity contribution in [1.82, 2.24) is 59.2 Å². The summed E-state index contributed by atoms with van der Waals surface area (Å²) < 4.78 is 40.9. The molecule has 6 atom stereocenters. The third-order valence-electron chi connectivity index (χ3n) is 18.7. The van der Waals surface area contributed by atoms with Gasteiger partial charge in [-0.15, -0.1) is 0 Å². The Kier molecular flexibility index (Phi) is 25.2. The zero-order valence-electron chi connectivity index (χ0n) is 59.3. The topological polar surface area (TPSA) is 220 Å². The molecule has 5 N–H and O–H groups in total. The van der Waals surface area contributed by atoms with E-state index >= 15 is 0 Å². The number of nitrogens with one attached hydrogen (secondary N) is 3. The average molecular weight is 1460 g/mol. The minimum Gasteiger partial charge on any atom is -0.361 e. The Morgan fingerprint density at radius 2 is 0.814 bits per heavy atom. The number of halogens is 6. The second-order valence-electron chi connectivity index (χ2n) is 27.0. The summed E-state index contributed by atoms with van der Waals surface area (Å²) in [7, 11) is 9.76. The summed E-state index contributed by atoms with van der Waals surface area (Å²) in [6.45, 7) is 17.9. The average Bonchev–Trinajstić information content (AvgIpc) is 1.57. The molecule has 3 aromatic heterocycles. The van der Waals surface area contributed by atoms with Gasteiger partial charge in [0.15, 0.2) is 0 Å². The van der Waals surface area contributed by atoms with Crippen molar-refractivity contribution in [3.8, 4) is 0 Å². The molecule has 3 aliphatic rings. The lowest BCUT2D eigenvalue weighted by Crippen LogP contribution is -2.57. The molecule has 5 amide bonds. The van der Waals surface area contributed by atoms with E-state index < -0.39 is 23.4 Å². The number of rotatable bonds is 13. The van der Waals surface area contributed by atoms with Crippen molar-refractivity contribution >= 4 is 109 Å². The Balaban J connectivity index is 0.000000176. The molecule has 20 nitrogen and oxygen atoms in total. The fourth-order valence-corrected chi connectivity index (χ4v) is 13.8. The number of H-pyrrole nitrogens is 2. The van der Waals surface area contributed by atoms with Crippen LogP contribution in [0.15, 0.2) is 134 Å². The Bertz CT molecular complexity index is 4550. The van der Waals surface area contributed by atoms with Gasteiger partial charge in [-0.1, -0.05) is 71.2 Å². The van der Waals surface area contributed by atoms with Crippen LogP contribution >= 0.6 is 34.8 Å². The van der Waals surface area contributed by atoms with E-state index in [1.54, 1.807) is 58.3 Å². The zero-order chi connectivity index (χ0) is 74.3. The van der Waals surface area contributed by atoms with Crippen LogP contribution in [0.2, 0.25) is 15.1 Å². The monoisotopic (exact) mass is 1460 g/mol. The smallest absolute Gasteiger partial charge is 0.294 e. The van der Waals surface area contributed by atoms with Crippen LogP contribution in [-0.2, 0) is 29.2 Å². The maximum absolute atomic E-state index is 13.6. The van der Waals surface area contributed by atoms with Crippen LogP contribution in [0.5, 0.6) is 0 Å². The van der Waals surface area contributed by atoms with Gasteiger partial charge in [0.2, 0.25) is 0 Å². The number of aromatic amines is 2. The number of carbonyl (C=O) groups is 7. The normalized spacial score (nSPS) is 18.7. The fraction of sp³-hybridized carbons (Fsp3) is 0.355. The molecule has 3 fully saturated rings. The van der Waals surface area contributed by atoms with Crippen molar-refractivity contribution < 1.29 is 46.7 Å². The highest BCUT2D eigenvalue weighted by molar-refractivity contribution is 6.46. The van der Waals surface area contributed by atoms with Crippen LogP contribution in [0.3, 0.4) is 0 Å². The summed E-state index contributed by atoms with van der Waals surface area (Å²) in [6, 6.07) is 31.6. The molecule has 26 heteroatoms. The van der Waals surface area contributed by atoms with Crippen molar-refractivity contribution in [2.24, 2.45) is 0 Å². The number of amides is 5. The van der Waals surface area contributed by atoms with Crippen molar-refractivity contribution in [2.75, 3.05) is 87.4 Å². The summed E-state index contributed by atoms with van der Waals surface area (Å²) in [5, 5.41) is 5.55. The molecule has 9 aromatic rings. The van der Waals surface area contributed by atoms with Gasteiger partial charge in [-0.2, -0.15) is 0 Å². The number of nitrogen functional groups attached to an aromatic ring is 1. The number of hydrogen-bond acceptors (Lipinski definition) is 12. The number of carbonyl (C=O) groups excluding carboxylic acids is 7. The number of likely N-dealkylation sites (N-methyl/N-ethyl adjacent to an activating group) is 2. The number of hydrogen-bond donors (Lipinski definition) is 4. The molecule has 0 radical (unpaired) electrons. The summed E-state index contributed by atoms with van der Waals surface area (Å²) >= 11 is 19.4. The molecule has 0 spiro atoms. The predicted molar refractivity (Wildman–Crippen MR) is 395 cm³/mol. The molecule has 12 rings (SSSR count). The molecule has 3 saturated heterocycles. The predicted octanol–water partition coefficient (Wildman–Crippen LogP) is 11.7. The van der Waals surface area contributed by atoms with Crippen LogP contribution in [-0.4, -0.2) is 213 Å². The van der Waals surface area contributed by atoms with Gasteiger partial charge in [0.05, 0.1) is 48.4 Å². The number of aromatic nitrogens is 3. The van der Waals surface area contributed by atoms with Gasteiger partial charge < -0.3 is 45.6 Å². The molecular formula is C76H87Cl3F3N13O7. The van der Waals surface area contributed by atoms with E-state index in [2.05, 4.69) is 50.8 Å². The Hall–Kier alpha value is -9.07. The molecule has 0 saturated carbocycles. The van der Waals surface area contributed by atoms with Gasteiger partial charge >= 0.3 is 0 Å². The Labute approximate surface area is 606 Å². The third kappa shape index (κ3) is 17.7. The first-order valence-corrected chi connectivity index (χ1v) is 34.7. The molecule has 6 heterocycles. The lowest BCUT2D eigenvalue weighted by atomic mass is 10.0. The van der Waals surface area contributed by atoms with E-state index in [0.717, 1.165) is 40.7 Å². The van der Waals surface area contributed by atoms with Gasteiger partial charge in [-0.3, -0.25) is 52.9 Å². The number of fused-ring (bicyclic) bond motifs is 3. The van der Waals surface area contributed by atoms with E-state index in [-0.39, 0.29) is 104 Å². The third-order valence-corrected chi connectivity index (χ3v) is 19.7. The summed E-state index contributed by atoms with van der Waals surface area (Å²) in [5.41, 5.74) is 6.41.